The number of nitrogens with zero attached hydrogens (tertiary/aromatic N) is 1. The van der Waals surface area contributed by atoms with E-state index < -0.39 is 0 Å². The van der Waals surface area contributed by atoms with Gasteiger partial charge in [-0.15, -0.1) is 0 Å². The molecule has 1 heterocycles. The summed E-state index contributed by atoms with van der Waals surface area (Å²) in [5.41, 5.74) is 2.27. The lowest BCUT2D eigenvalue weighted by atomic mass is 10.2. The quantitative estimate of drug-likeness (QED) is 0.638. The molecular weight excluding hydrogens is 330 g/mol. The molecule has 2 N–H and O–H groups in total. The van der Waals surface area contributed by atoms with Crippen LogP contribution in [-0.4, -0.2) is 33.3 Å². The van der Waals surface area contributed by atoms with Crippen molar-refractivity contribution in [3.63, 3.8) is 0 Å². The van der Waals surface area contributed by atoms with Crippen molar-refractivity contribution in [2.24, 2.45) is 4.99 Å². The normalized spacial score (nSPS) is 13.7. The van der Waals surface area contributed by atoms with Gasteiger partial charge in [0.05, 0.1) is 20.3 Å². The van der Waals surface area contributed by atoms with Crippen LogP contribution in [0, 0.1) is 0 Å². The molecule has 1 aliphatic rings. The molecular formula is C20H25N3O3. The molecule has 6 heteroatoms. The third-order valence-electron chi connectivity index (χ3n) is 4.11. The second-order valence-electron chi connectivity index (χ2n) is 5.96. The Kier molecular flexibility index (Phi) is 6.19. The van der Waals surface area contributed by atoms with E-state index in [1.54, 1.807) is 14.2 Å². The molecule has 0 amide bonds. The molecule has 1 aliphatic heterocycles. The minimum absolute atomic E-state index is 0.652. The van der Waals surface area contributed by atoms with Crippen LogP contribution in [0.4, 0.5) is 0 Å². The highest BCUT2D eigenvalue weighted by Gasteiger charge is 2.10. The molecule has 0 aromatic heterocycles. The van der Waals surface area contributed by atoms with Gasteiger partial charge in [0.15, 0.2) is 17.5 Å². The topological polar surface area (TPSA) is 64.1 Å². The smallest absolute Gasteiger partial charge is 0.191 e. The van der Waals surface area contributed by atoms with E-state index in [1.807, 2.05) is 42.5 Å². The highest BCUT2D eigenvalue weighted by atomic mass is 16.5. The standard InChI is InChI=1S/C20H25N3O3/c1-21-20(22-13-15-4-7-17(24-2)8-5-15)23-14-16-6-9-18-19(12-16)26-11-3-10-25-18/h4-9,12H,3,10-11,13-14H2,1-2H3,(H2,21,22,23). The number of guanidine groups is 1. The fourth-order valence-electron chi connectivity index (χ4n) is 2.65. The first-order valence-corrected chi connectivity index (χ1v) is 8.74. The van der Waals surface area contributed by atoms with Crippen LogP contribution in [0.15, 0.2) is 47.5 Å². The van der Waals surface area contributed by atoms with Crippen LogP contribution in [0.3, 0.4) is 0 Å². The predicted octanol–water partition coefficient (Wildman–Crippen LogP) is 2.72. The van der Waals surface area contributed by atoms with E-state index in [0.29, 0.717) is 26.3 Å². The van der Waals surface area contributed by atoms with E-state index >= 15 is 0 Å². The summed E-state index contributed by atoms with van der Waals surface area (Å²) in [6, 6.07) is 14.0. The maximum absolute atomic E-state index is 5.74. The number of rotatable bonds is 5. The van der Waals surface area contributed by atoms with Gasteiger partial charge in [-0.25, -0.2) is 0 Å². The summed E-state index contributed by atoms with van der Waals surface area (Å²) in [4.78, 5) is 4.27. The zero-order valence-corrected chi connectivity index (χ0v) is 15.2. The molecule has 0 fully saturated rings. The maximum atomic E-state index is 5.74. The molecule has 26 heavy (non-hydrogen) atoms. The Morgan fingerprint density at radius 1 is 0.962 bits per heavy atom. The summed E-state index contributed by atoms with van der Waals surface area (Å²) in [6.07, 6.45) is 0.907. The second-order valence-corrected chi connectivity index (χ2v) is 5.96. The number of benzene rings is 2. The molecule has 6 nitrogen and oxygen atoms in total. The van der Waals surface area contributed by atoms with Crippen molar-refractivity contribution in [2.45, 2.75) is 19.5 Å². The van der Waals surface area contributed by atoms with Gasteiger partial charge in [-0.05, 0) is 35.4 Å². The minimum atomic E-state index is 0.652. The maximum Gasteiger partial charge on any atom is 0.191 e. The molecule has 3 rings (SSSR count). The number of hydrogen-bond acceptors (Lipinski definition) is 4. The molecule has 2 aromatic carbocycles. The third-order valence-corrected chi connectivity index (χ3v) is 4.11. The summed E-state index contributed by atoms with van der Waals surface area (Å²) in [5.74, 6) is 3.22. The van der Waals surface area contributed by atoms with Gasteiger partial charge in [0.2, 0.25) is 0 Å². The molecule has 0 saturated carbocycles. The molecule has 0 saturated heterocycles. The van der Waals surface area contributed by atoms with Crippen molar-refractivity contribution >= 4 is 5.96 Å². The van der Waals surface area contributed by atoms with E-state index in [0.717, 1.165) is 40.8 Å². The average Bonchev–Trinajstić information content (AvgIpc) is 2.93. The number of hydrogen-bond donors (Lipinski definition) is 2. The van der Waals surface area contributed by atoms with Crippen molar-refractivity contribution in [2.75, 3.05) is 27.4 Å². The highest BCUT2D eigenvalue weighted by molar-refractivity contribution is 5.79. The zero-order chi connectivity index (χ0) is 18.2. The molecule has 0 radical (unpaired) electrons. The van der Waals surface area contributed by atoms with Crippen LogP contribution in [0.2, 0.25) is 0 Å². The Morgan fingerprint density at radius 3 is 2.31 bits per heavy atom. The zero-order valence-electron chi connectivity index (χ0n) is 15.2. The molecule has 138 valence electrons. The van der Waals surface area contributed by atoms with Gasteiger partial charge in [0, 0.05) is 26.6 Å². The molecule has 0 bridgehead atoms. The number of methoxy groups -OCH3 is 1. The Labute approximate surface area is 154 Å². The Morgan fingerprint density at radius 2 is 1.62 bits per heavy atom. The third kappa shape index (κ3) is 4.81. The second kappa shape index (κ2) is 8.99. The monoisotopic (exact) mass is 355 g/mol. The van der Waals surface area contributed by atoms with Crippen molar-refractivity contribution in [3.8, 4) is 17.2 Å². The van der Waals surface area contributed by atoms with Crippen LogP contribution < -0.4 is 24.8 Å². The highest BCUT2D eigenvalue weighted by Crippen LogP contribution is 2.30. The number of fused-ring (bicyclic) bond motifs is 1. The molecule has 0 spiro atoms. The van der Waals surface area contributed by atoms with E-state index in [1.165, 1.54) is 0 Å². The van der Waals surface area contributed by atoms with Crippen molar-refractivity contribution in [1.82, 2.24) is 10.6 Å². The minimum Gasteiger partial charge on any atom is -0.497 e. The number of nitrogens with one attached hydrogen (secondary N) is 2. The van der Waals surface area contributed by atoms with Crippen LogP contribution in [-0.2, 0) is 13.1 Å². The van der Waals surface area contributed by atoms with Gasteiger partial charge in [-0.1, -0.05) is 18.2 Å². The summed E-state index contributed by atoms with van der Waals surface area (Å²) in [6.45, 7) is 2.73. The van der Waals surface area contributed by atoms with E-state index in [4.69, 9.17) is 14.2 Å². The first-order chi connectivity index (χ1) is 12.8. The lowest BCUT2D eigenvalue weighted by molar-refractivity contribution is 0.297. The van der Waals surface area contributed by atoms with Gasteiger partial charge in [-0.2, -0.15) is 0 Å². The Balaban J connectivity index is 1.53. The summed E-state index contributed by atoms with van der Waals surface area (Å²) in [7, 11) is 3.43. The lowest BCUT2D eigenvalue weighted by Crippen LogP contribution is -2.36. The van der Waals surface area contributed by atoms with Crippen LogP contribution in [0.1, 0.15) is 17.5 Å². The SMILES string of the molecule is CN=C(NCc1ccc(OC)cc1)NCc1ccc2c(c1)OCCCO2. The number of ether oxygens (including phenoxy) is 3. The van der Waals surface area contributed by atoms with Gasteiger partial charge >= 0.3 is 0 Å². The van der Waals surface area contributed by atoms with E-state index in [-0.39, 0.29) is 0 Å². The Bertz CT molecular complexity index is 744. The average molecular weight is 355 g/mol. The molecule has 0 aliphatic carbocycles. The number of aliphatic imine (C=N–C) groups is 1. The van der Waals surface area contributed by atoms with Gasteiger partial charge in [-0.3, -0.25) is 4.99 Å². The predicted molar refractivity (Wildman–Crippen MR) is 102 cm³/mol. The van der Waals surface area contributed by atoms with Crippen molar-refractivity contribution in [3.05, 3.63) is 53.6 Å². The van der Waals surface area contributed by atoms with Crippen LogP contribution >= 0.6 is 0 Å². The molecule has 2 aromatic rings. The first-order valence-electron chi connectivity index (χ1n) is 8.74. The fraction of sp³-hybridized carbons (Fsp3) is 0.350. The largest absolute Gasteiger partial charge is 0.497 e. The fourth-order valence-corrected chi connectivity index (χ4v) is 2.65. The van der Waals surface area contributed by atoms with Crippen molar-refractivity contribution < 1.29 is 14.2 Å². The lowest BCUT2D eigenvalue weighted by Gasteiger charge is -2.13. The molecule has 0 unspecified atom stereocenters. The van der Waals surface area contributed by atoms with Gasteiger partial charge < -0.3 is 24.8 Å². The van der Waals surface area contributed by atoms with E-state index in [2.05, 4.69) is 15.6 Å². The van der Waals surface area contributed by atoms with E-state index in [9.17, 15) is 0 Å². The summed E-state index contributed by atoms with van der Waals surface area (Å²) < 4.78 is 16.6. The van der Waals surface area contributed by atoms with Crippen molar-refractivity contribution in [1.29, 1.82) is 0 Å². The van der Waals surface area contributed by atoms with Crippen LogP contribution in [0.25, 0.3) is 0 Å². The van der Waals surface area contributed by atoms with Gasteiger partial charge in [0.1, 0.15) is 5.75 Å². The summed E-state index contributed by atoms with van der Waals surface area (Å²) >= 11 is 0. The van der Waals surface area contributed by atoms with Crippen LogP contribution in [0.5, 0.6) is 17.2 Å². The Hall–Kier alpha value is -2.89. The summed E-state index contributed by atoms with van der Waals surface area (Å²) in [5, 5.41) is 6.63. The first kappa shape index (κ1) is 17.9. The molecule has 0 atom stereocenters. The van der Waals surface area contributed by atoms with Gasteiger partial charge in [0.25, 0.3) is 0 Å².